The van der Waals surface area contributed by atoms with Crippen LogP contribution in [0.4, 0.5) is 0 Å². The normalized spacial score (nSPS) is 16.2. The van der Waals surface area contributed by atoms with Crippen LogP contribution in [-0.4, -0.2) is 43.5 Å². The van der Waals surface area contributed by atoms with Crippen molar-refractivity contribution in [2.45, 2.75) is 30.7 Å². The summed E-state index contributed by atoms with van der Waals surface area (Å²) in [5, 5.41) is 0. The molecule has 1 saturated heterocycles. The standard InChI is InChI=1S/C24H23N5OS/c1-15-25-14-17(21(26-15)16-8-4-3-5-9-16)24(30)29-13-7-11-19(29)23-27-18-10-6-12-20(31-2)22(18)28-23/h3-6,8-10,12,14,19H,7,11,13H2,1-2H3,(H,27,28). The number of amides is 1. The molecule has 5 rings (SSSR count). The van der Waals surface area contributed by atoms with Crippen molar-refractivity contribution in [3.63, 3.8) is 0 Å². The zero-order valence-corrected chi connectivity index (χ0v) is 18.3. The highest BCUT2D eigenvalue weighted by Crippen LogP contribution is 2.35. The van der Waals surface area contributed by atoms with E-state index in [4.69, 9.17) is 4.98 Å². The third kappa shape index (κ3) is 3.59. The van der Waals surface area contributed by atoms with Gasteiger partial charge in [0.25, 0.3) is 5.91 Å². The fourth-order valence-corrected chi connectivity index (χ4v) is 4.80. The molecule has 1 amide bonds. The molecule has 1 fully saturated rings. The summed E-state index contributed by atoms with van der Waals surface area (Å²) in [6.45, 7) is 2.54. The first-order chi connectivity index (χ1) is 15.2. The maximum absolute atomic E-state index is 13.7. The summed E-state index contributed by atoms with van der Waals surface area (Å²) in [6, 6.07) is 15.9. The average Bonchev–Trinajstić information content (AvgIpc) is 3.46. The highest BCUT2D eigenvalue weighted by molar-refractivity contribution is 7.98. The first-order valence-corrected chi connectivity index (χ1v) is 11.6. The molecule has 0 radical (unpaired) electrons. The number of hydrogen-bond donors (Lipinski definition) is 1. The minimum Gasteiger partial charge on any atom is -0.340 e. The first-order valence-electron chi connectivity index (χ1n) is 10.4. The van der Waals surface area contributed by atoms with Crippen LogP contribution < -0.4 is 0 Å². The van der Waals surface area contributed by atoms with Crippen molar-refractivity contribution in [2.24, 2.45) is 0 Å². The summed E-state index contributed by atoms with van der Waals surface area (Å²) in [4.78, 5) is 34.0. The maximum atomic E-state index is 13.7. The highest BCUT2D eigenvalue weighted by Gasteiger charge is 2.34. The van der Waals surface area contributed by atoms with Crippen LogP contribution in [0.5, 0.6) is 0 Å². The predicted molar refractivity (Wildman–Crippen MR) is 123 cm³/mol. The molecule has 0 spiro atoms. The van der Waals surface area contributed by atoms with E-state index in [1.807, 2.05) is 54.3 Å². The number of aromatic amines is 1. The van der Waals surface area contributed by atoms with Gasteiger partial charge in [-0.3, -0.25) is 4.79 Å². The number of benzene rings is 2. The number of fused-ring (bicyclic) bond motifs is 1. The maximum Gasteiger partial charge on any atom is 0.258 e. The molecule has 156 valence electrons. The summed E-state index contributed by atoms with van der Waals surface area (Å²) >= 11 is 1.68. The van der Waals surface area contributed by atoms with E-state index in [0.717, 1.165) is 40.2 Å². The number of likely N-dealkylation sites (tertiary alicyclic amines) is 1. The van der Waals surface area contributed by atoms with Gasteiger partial charge in [0.2, 0.25) is 0 Å². The summed E-state index contributed by atoms with van der Waals surface area (Å²) in [7, 11) is 0. The van der Waals surface area contributed by atoms with Gasteiger partial charge in [0, 0.05) is 23.2 Å². The number of nitrogens with zero attached hydrogens (tertiary/aromatic N) is 4. The molecule has 1 atom stereocenters. The third-order valence-corrected chi connectivity index (χ3v) is 6.50. The molecule has 0 saturated carbocycles. The number of rotatable bonds is 4. The second-order valence-corrected chi connectivity index (χ2v) is 8.53. The van der Waals surface area contributed by atoms with Crippen LogP contribution in [0.25, 0.3) is 22.3 Å². The fourth-order valence-electron chi connectivity index (χ4n) is 4.24. The molecule has 6 nitrogen and oxygen atoms in total. The van der Waals surface area contributed by atoms with Gasteiger partial charge in [-0.15, -0.1) is 11.8 Å². The molecule has 2 aromatic heterocycles. The van der Waals surface area contributed by atoms with Crippen molar-refractivity contribution >= 4 is 28.7 Å². The quantitative estimate of drug-likeness (QED) is 0.461. The molecule has 4 aromatic rings. The van der Waals surface area contributed by atoms with Crippen molar-refractivity contribution in [1.29, 1.82) is 0 Å². The van der Waals surface area contributed by atoms with Crippen molar-refractivity contribution in [3.8, 4) is 11.3 Å². The lowest BCUT2D eigenvalue weighted by molar-refractivity contribution is 0.0730. The molecular weight excluding hydrogens is 406 g/mol. The van der Waals surface area contributed by atoms with Crippen molar-refractivity contribution in [3.05, 3.63) is 71.9 Å². The van der Waals surface area contributed by atoms with Gasteiger partial charge in [-0.25, -0.2) is 15.0 Å². The van der Waals surface area contributed by atoms with Crippen LogP contribution >= 0.6 is 11.8 Å². The Bertz CT molecular complexity index is 1250. The van der Waals surface area contributed by atoms with Crippen LogP contribution in [0.1, 0.15) is 40.9 Å². The SMILES string of the molecule is CSc1cccc2[nH]c(C3CCCN3C(=O)c3cnc(C)nc3-c3ccccc3)nc12. The number of H-pyrrole nitrogens is 1. The lowest BCUT2D eigenvalue weighted by atomic mass is 10.1. The Hall–Kier alpha value is -3.19. The lowest BCUT2D eigenvalue weighted by Crippen LogP contribution is -2.31. The highest BCUT2D eigenvalue weighted by atomic mass is 32.2. The minimum atomic E-state index is -0.0838. The molecule has 1 aliphatic rings. The number of thioether (sulfide) groups is 1. The molecule has 1 N–H and O–H groups in total. The minimum absolute atomic E-state index is 0.0492. The number of carbonyl (C=O) groups excluding carboxylic acids is 1. The molecule has 1 unspecified atom stereocenters. The van der Waals surface area contributed by atoms with Crippen molar-refractivity contribution in [2.75, 3.05) is 12.8 Å². The van der Waals surface area contributed by atoms with E-state index >= 15 is 0 Å². The van der Waals surface area contributed by atoms with Crippen LogP contribution in [0.15, 0.2) is 59.6 Å². The Morgan fingerprint density at radius 3 is 2.77 bits per heavy atom. The second-order valence-electron chi connectivity index (χ2n) is 7.68. The Morgan fingerprint density at radius 2 is 1.97 bits per heavy atom. The van der Waals surface area contributed by atoms with Gasteiger partial charge in [-0.05, 0) is 38.2 Å². The Kier molecular flexibility index (Phi) is 5.19. The third-order valence-electron chi connectivity index (χ3n) is 5.73. The summed E-state index contributed by atoms with van der Waals surface area (Å²) < 4.78 is 0. The van der Waals surface area contributed by atoms with Crippen LogP contribution in [0.3, 0.4) is 0 Å². The number of para-hydroxylation sites is 1. The molecule has 0 aliphatic carbocycles. The van der Waals surface area contributed by atoms with E-state index in [0.29, 0.717) is 23.6 Å². The Labute approximate surface area is 185 Å². The summed E-state index contributed by atoms with van der Waals surface area (Å²) in [5.41, 5.74) is 4.10. The van der Waals surface area contributed by atoms with Gasteiger partial charge in [0.1, 0.15) is 17.2 Å². The summed E-state index contributed by atoms with van der Waals surface area (Å²) in [5.74, 6) is 1.44. The van der Waals surface area contributed by atoms with Gasteiger partial charge < -0.3 is 9.88 Å². The van der Waals surface area contributed by atoms with E-state index in [-0.39, 0.29) is 11.9 Å². The van der Waals surface area contributed by atoms with Gasteiger partial charge in [0.15, 0.2) is 0 Å². The fraction of sp³-hybridized carbons (Fsp3) is 0.250. The van der Waals surface area contributed by atoms with Crippen LogP contribution in [0.2, 0.25) is 0 Å². The van der Waals surface area contributed by atoms with Gasteiger partial charge in [-0.1, -0.05) is 36.4 Å². The van der Waals surface area contributed by atoms with Gasteiger partial charge in [0.05, 0.1) is 22.8 Å². The van der Waals surface area contributed by atoms with Crippen LogP contribution in [0, 0.1) is 6.92 Å². The Morgan fingerprint density at radius 1 is 1.13 bits per heavy atom. The van der Waals surface area contributed by atoms with Crippen LogP contribution in [-0.2, 0) is 0 Å². The zero-order valence-electron chi connectivity index (χ0n) is 17.5. The van der Waals surface area contributed by atoms with E-state index in [9.17, 15) is 4.79 Å². The zero-order chi connectivity index (χ0) is 21.4. The largest absolute Gasteiger partial charge is 0.340 e. The Balaban J connectivity index is 1.53. The number of aromatic nitrogens is 4. The smallest absolute Gasteiger partial charge is 0.258 e. The predicted octanol–water partition coefficient (Wildman–Crippen LogP) is 5.03. The number of imidazole rings is 1. The first kappa shape index (κ1) is 19.8. The topological polar surface area (TPSA) is 74.8 Å². The van der Waals surface area contributed by atoms with Gasteiger partial charge in [-0.2, -0.15) is 0 Å². The molecule has 2 aromatic carbocycles. The lowest BCUT2D eigenvalue weighted by Gasteiger charge is -2.24. The molecular formula is C24H23N5OS. The number of nitrogens with one attached hydrogen (secondary N) is 1. The average molecular weight is 430 g/mol. The van der Waals surface area contributed by atoms with E-state index in [1.165, 1.54) is 0 Å². The van der Waals surface area contributed by atoms with E-state index < -0.39 is 0 Å². The molecule has 0 bridgehead atoms. The molecule has 7 heteroatoms. The molecule has 3 heterocycles. The number of aryl methyl sites for hydroxylation is 1. The van der Waals surface area contributed by atoms with Crippen molar-refractivity contribution in [1.82, 2.24) is 24.8 Å². The number of carbonyl (C=O) groups is 1. The monoisotopic (exact) mass is 429 g/mol. The van der Waals surface area contributed by atoms with E-state index in [2.05, 4.69) is 27.3 Å². The van der Waals surface area contributed by atoms with E-state index in [1.54, 1.807) is 18.0 Å². The second kappa shape index (κ2) is 8.15. The van der Waals surface area contributed by atoms with Crippen molar-refractivity contribution < 1.29 is 4.79 Å². The molecule has 31 heavy (non-hydrogen) atoms. The van der Waals surface area contributed by atoms with Gasteiger partial charge >= 0.3 is 0 Å². The molecule has 1 aliphatic heterocycles. The number of hydrogen-bond acceptors (Lipinski definition) is 5. The summed E-state index contributed by atoms with van der Waals surface area (Å²) in [6.07, 6.45) is 5.54.